The van der Waals surface area contributed by atoms with Crippen LogP contribution in [0.2, 0.25) is 0 Å². The summed E-state index contributed by atoms with van der Waals surface area (Å²) in [6.07, 6.45) is 6.00. The van der Waals surface area contributed by atoms with Gasteiger partial charge in [-0.15, -0.1) is 0 Å². The Morgan fingerprint density at radius 2 is 2.40 bits per heavy atom. The van der Waals surface area contributed by atoms with Gasteiger partial charge < -0.3 is 5.32 Å². The van der Waals surface area contributed by atoms with Crippen LogP contribution in [-0.4, -0.2) is 23.4 Å². The Hall–Kier alpha value is -0.830. The van der Waals surface area contributed by atoms with Gasteiger partial charge in [0.15, 0.2) is 0 Å². The standard InChI is InChI=1S/C12H21N3/c1-3-15-12(7-8-14-15)11-6-4-5-10(11)9-13-2/h7-8,10-11,13H,3-6,9H2,1-2H3. The third kappa shape index (κ3) is 2.07. The summed E-state index contributed by atoms with van der Waals surface area (Å²) < 4.78 is 2.15. The van der Waals surface area contributed by atoms with Crippen molar-refractivity contribution in [3.63, 3.8) is 0 Å². The quantitative estimate of drug-likeness (QED) is 0.818. The molecule has 1 aliphatic rings. The molecular formula is C12H21N3. The minimum atomic E-state index is 0.722. The maximum atomic E-state index is 4.37. The van der Waals surface area contributed by atoms with Crippen molar-refractivity contribution in [1.29, 1.82) is 0 Å². The monoisotopic (exact) mass is 207 g/mol. The first kappa shape index (κ1) is 10.7. The average Bonchev–Trinajstić information content (AvgIpc) is 2.84. The average molecular weight is 207 g/mol. The Balaban J connectivity index is 2.15. The molecule has 2 rings (SSSR count). The Kier molecular flexibility index (Phi) is 3.41. The predicted molar refractivity (Wildman–Crippen MR) is 61.9 cm³/mol. The molecule has 0 bridgehead atoms. The predicted octanol–water partition coefficient (Wildman–Crippen LogP) is 2.01. The lowest BCUT2D eigenvalue weighted by Crippen LogP contribution is -2.22. The zero-order valence-electron chi connectivity index (χ0n) is 9.74. The molecule has 2 atom stereocenters. The lowest BCUT2D eigenvalue weighted by Gasteiger charge is -2.20. The van der Waals surface area contributed by atoms with Crippen molar-refractivity contribution >= 4 is 0 Å². The lowest BCUT2D eigenvalue weighted by atomic mass is 9.93. The number of hydrogen-bond donors (Lipinski definition) is 1. The van der Waals surface area contributed by atoms with Gasteiger partial charge in [0, 0.05) is 24.4 Å². The molecule has 15 heavy (non-hydrogen) atoms. The molecule has 0 amide bonds. The van der Waals surface area contributed by atoms with E-state index in [1.807, 2.05) is 13.2 Å². The van der Waals surface area contributed by atoms with E-state index in [0.29, 0.717) is 0 Å². The van der Waals surface area contributed by atoms with Gasteiger partial charge in [-0.25, -0.2) is 0 Å². The van der Waals surface area contributed by atoms with E-state index < -0.39 is 0 Å². The SMILES string of the molecule is CCn1nccc1C1CCCC1CNC. The summed E-state index contributed by atoms with van der Waals surface area (Å²) in [7, 11) is 2.05. The molecule has 1 N–H and O–H groups in total. The van der Waals surface area contributed by atoms with Crippen molar-refractivity contribution < 1.29 is 0 Å². The fourth-order valence-corrected chi connectivity index (χ4v) is 2.85. The van der Waals surface area contributed by atoms with Crippen LogP contribution in [0.15, 0.2) is 12.3 Å². The summed E-state index contributed by atoms with van der Waals surface area (Å²) >= 11 is 0. The van der Waals surface area contributed by atoms with Gasteiger partial charge in [0.25, 0.3) is 0 Å². The molecular weight excluding hydrogens is 186 g/mol. The van der Waals surface area contributed by atoms with Gasteiger partial charge >= 0.3 is 0 Å². The van der Waals surface area contributed by atoms with Crippen molar-refractivity contribution in [1.82, 2.24) is 15.1 Å². The van der Waals surface area contributed by atoms with Crippen molar-refractivity contribution in [2.45, 2.75) is 38.6 Å². The Labute approximate surface area is 91.9 Å². The topological polar surface area (TPSA) is 29.9 Å². The zero-order chi connectivity index (χ0) is 10.7. The lowest BCUT2D eigenvalue weighted by molar-refractivity contribution is 0.435. The number of rotatable bonds is 4. The highest BCUT2D eigenvalue weighted by molar-refractivity contribution is 5.11. The van der Waals surface area contributed by atoms with E-state index in [2.05, 4.69) is 28.1 Å². The van der Waals surface area contributed by atoms with E-state index in [1.165, 1.54) is 25.0 Å². The highest BCUT2D eigenvalue weighted by Gasteiger charge is 2.29. The number of nitrogens with zero attached hydrogens (tertiary/aromatic N) is 2. The van der Waals surface area contributed by atoms with E-state index in [4.69, 9.17) is 0 Å². The van der Waals surface area contributed by atoms with Crippen LogP contribution in [0.4, 0.5) is 0 Å². The van der Waals surface area contributed by atoms with E-state index in [1.54, 1.807) is 0 Å². The molecule has 1 aromatic rings. The van der Waals surface area contributed by atoms with Crippen LogP contribution >= 0.6 is 0 Å². The van der Waals surface area contributed by atoms with Crippen molar-refractivity contribution in [2.24, 2.45) is 5.92 Å². The van der Waals surface area contributed by atoms with E-state index in [0.717, 1.165) is 24.9 Å². The Morgan fingerprint density at radius 3 is 3.13 bits per heavy atom. The molecule has 2 unspecified atom stereocenters. The number of aromatic nitrogens is 2. The molecule has 1 fully saturated rings. The third-order valence-electron chi connectivity index (χ3n) is 3.55. The highest BCUT2D eigenvalue weighted by Crippen LogP contribution is 2.38. The maximum absolute atomic E-state index is 4.37. The third-order valence-corrected chi connectivity index (χ3v) is 3.55. The molecule has 0 aliphatic heterocycles. The van der Waals surface area contributed by atoms with Crippen LogP contribution < -0.4 is 5.32 Å². The van der Waals surface area contributed by atoms with Crippen LogP contribution in [0.3, 0.4) is 0 Å². The number of hydrogen-bond acceptors (Lipinski definition) is 2. The van der Waals surface area contributed by atoms with Crippen LogP contribution in [0.25, 0.3) is 0 Å². The minimum Gasteiger partial charge on any atom is -0.319 e. The molecule has 1 aromatic heterocycles. The second kappa shape index (κ2) is 4.79. The summed E-state index contributed by atoms with van der Waals surface area (Å²) in [6, 6.07) is 2.20. The van der Waals surface area contributed by atoms with Crippen molar-refractivity contribution in [3.05, 3.63) is 18.0 Å². The van der Waals surface area contributed by atoms with Gasteiger partial charge in [0.2, 0.25) is 0 Å². The van der Waals surface area contributed by atoms with Gasteiger partial charge in [-0.05, 0) is 45.3 Å². The van der Waals surface area contributed by atoms with Gasteiger partial charge in [-0.3, -0.25) is 4.68 Å². The second-order valence-corrected chi connectivity index (χ2v) is 4.43. The number of nitrogens with one attached hydrogen (secondary N) is 1. The zero-order valence-corrected chi connectivity index (χ0v) is 9.74. The minimum absolute atomic E-state index is 0.722. The number of aryl methyl sites for hydroxylation is 1. The normalized spacial score (nSPS) is 26.0. The van der Waals surface area contributed by atoms with Gasteiger partial charge in [-0.1, -0.05) is 6.42 Å². The summed E-state index contributed by atoms with van der Waals surface area (Å²) in [5, 5.41) is 7.68. The molecule has 3 nitrogen and oxygen atoms in total. The summed E-state index contributed by atoms with van der Waals surface area (Å²) in [6.45, 7) is 4.29. The van der Waals surface area contributed by atoms with Gasteiger partial charge in [0.05, 0.1) is 0 Å². The molecule has 1 saturated carbocycles. The summed E-state index contributed by atoms with van der Waals surface area (Å²) in [4.78, 5) is 0. The first-order valence-corrected chi connectivity index (χ1v) is 6.03. The van der Waals surface area contributed by atoms with Crippen LogP contribution in [0.1, 0.15) is 37.8 Å². The van der Waals surface area contributed by atoms with Crippen molar-refractivity contribution in [2.75, 3.05) is 13.6 Å². The van der Waals surface area contributed by atoms with E-state index in [-0.39, 0.29) is 0 Å². The molecule has 1 heterocycles. The van der Waals surface area contributed by atoms with Crippen LogP contribution in [0.5, 0.6) is 0 Å². The second-order valence-electron chi connectivity index (χ2n) is 4.43. The molecule has 0 spiro atoms. The Morgan fingerprint density at radius 1 is 1.53 bits per heavy atom. The highest BCUT2D eigenvalue weighted by atomic mass is 15.3. The smallest absolute Gasteiger partial charge is 0.0492 e. The molecule has 1 aliphatic carbocycles. The van der Waals surface area contributed by atoms with Crippen LogP contribution in [-0.2, 0) is 6.54 Å². The summed E-state index contributed by atoms with van der Waals surface area (Å²) in [5.74, 6) is 1.52. The van der Waals surface area contributed by atoms with Gasteiger partial charge in [0.1, 0.15) is 0 Å². The van der Waals surface area contributed by atoms with E-state index in [9.17, 15) is 0 Å². The maximum Gasteiger partial charge on any atom is 0.0492 e. The van der Waals surface area contributed by atoms with Crippen molar-refractivity contribution in [3.8, 4) is 0 Å². The van der Waals surface area contributed by atoms with Gasteiger partial charge in [-0.2, -0.15) is 5.10 Å². The molecule has 0 saturated heterocycles. The molecule has 84 valence electrons. The molecule has 3 heteroatoms. The summed E-state index contributed by atoms with van der Waals surface area (Å²) in [5.41, 5.74) is 1.44. The molecule has 0 radical (unpaired) electrons. The first-order valence-electron chi connectivity index (χ1n) is 6.03. The fraction of sp³-hybridized carbons (Fsp3) is 0.750. The fourth-order valence-electron chi connectivity index (χ4n) is 2.85. The van der Waals surface area contributed by atoms with E-state index >= 15 is 0 Å². The first-order chi connectivity index (χ1) is 7.36. The largest absolute Gasteiger partial charge is 0.319 e. The van der Waals surface area contributed by atoms with Crippen LogP contribution in [0, 0.1) is 5.92 Å². The Bertz CT molecular complexity index is 306. The molecule has 0 aromatic carbocycles.